The van der Waals surface area contributed by atoms with Gasteiger partial charge in [0.15, 0.2) is 0 Å². The molecule has 5 heteroatoms. The largest absolute Gasteiger partial charge is 0.438 e. The van der Waals surface area contributed by atoms with Crippen LogP contribution in [0.15, 0.2) is 50.8 Å². The van der Waals surface area contributed by atoms with E-state index < -0.39 is 0 Å². The van der Waals surface area contributed by atoms with E-state index in [1.54, 1.807) is 18.0 Å². The molecule has 88 valence electrons. The van der Waals surface area contributed by atoms with Gasteiger partial charge in [0.2, 0.25) is 5.88 Å². The summed E-state index contributed by atoms with van der Waals surface area (Å²) in [6.45, 7) is 0. The van der Waals surface area contributed by atoms with E-state index in [4.69, 9.17) is 4.74 Å². The zero-order chi connectivity index (χ0) is 12.3. The minimum absolute atomic E-state index is 0.541. The average Bonchev–Trinajstić information content (AvgIpc) is 2.34. The lowest BCUT2D eigenvalue weighted by Gasteiger charge is -2.07. The van der Waals surface area contributed by atoms with Gasteiger partial charge in [0.1, 0.15) is 5.75 Å². The van der Waals surface area contributed by atoms with E-state index >= 15 is 0 Å². The molecule has 0 radical (unpaired) electrons. The van der Waals surface area contributed by atoms with E-state index in [0.717, 1.165) is 15.1 Å². The number of ether oxygens (including phenoxy) is 1. The Balaban J connectivity index is 2.19. The van der Waals surface area contributed by atoms with Crippen molar-refractivity contribution in [1.82, 2.24) is 4.98 Å². The SMILES string of the molecule is CSc1ccc(Oc2ncc(S)cc2Br)cc1. The molecule has 2 aromatic rings. The molecule has 0 bridgehead atoms. The first-order valence-electron chi connectivity index (χ1n) is 4.85. The Morgan fingerprint density at radius 3 is 2.59 bits per heavy atom. The van der Waals surface area contributed by atoms with Gasteiger partial charge < -0.3 is 4.74 Å². The maximum absolute atomic E-state index is 5.66. The van der Waals surface area contributed by atoms with Crippen molar-refractivity contribution in [2.75, 3.05) is 6.26 Å². The first kappa shape index (κ1) is 12.8. The van der Waals surface area contributed by atoms with Crippen LogP contribution in [0.4, 0.5) is 0 Å². The van der Waals surface area contributed by atoms with Gasteiger partial charge in [-0.15, -0.1) is 24.4 Å². The first-order chi connectivity index (χ1) is 8.19. The molecule has 0 spiro atoms. The van der Waals surface area contributed by atoms with Gasteiger partial charge in [0.25, 0.3) is 0 Å². The van der Waals surface area contributed by atoms with Gasteiger partial charge in [-0.3, -0.25) is 0 Å². The van der Waals surface area contributed by atoms with Gasteiger partial charge in [-0.05, 0) is 52.5 Å². The number of nitrogens with zero attached hydrogens (tertiary/aromatic N) is 1. The fraction of sp³-hybridized carbons (Fsp3) is 0.0833. The Labute approximate surface area is 118 Å². The smallest absolute Gasteiger partial charge is 0.233 e. The second-order valence-electron chi connectivity index (χ2n) is 3.26. The molecule has 1 aromatic carbocycles. The van der Waals surface area contributed by atoms with E-state index in [-0.39, 0.29) is 0 Å². The summed E-state index contributed by atoms with van der Waals surface area (Å²) in [4.78, 5) is 6.16. The van der Waals surface area contributed by atoms with Gasteiger partial charge in [-0.2, -0.15) is 0 Å². The van der Waals surface area contributed by atoms with Crippen LogP contribution < -0.4 is 4.74 Å². The number of benzene rings is 1. The number of thiol groups is 1. The van der Waals surface area contributed by atoms with Crippen molar-refractivity contribution in [3.05, 3.63) is 41.0 Å². The summed E-state index contributed by atoms with van der Waals surface area (Å²) in [5.74, 6) is 1.31. The molecular weight excluding hydrogens is 318 g/mol. The summed E-state index contributed by atoms with van der Waals surface area (Å²) >= 11 is 9.29. The Bertz CT molecular complexity index is 516. The standard InChI is InChI=1S/C12H10BrNOS2/c1-17-10-4-2-8(3-5-10)15-12-11(13)6-9(16)7-14-12/h2-7,16H,1H3. The van der Waals surface area contributed by atoms with Crippen molar-refractivity contribution in [3.8, 4) is 11.6 Å². The normalized spacial score (nSPS) is 10.3. The minimum atomic E-state index is 0.541. The van der Waals surface area contributed by atoms with E-state index in [2.05, 4.69) is 33.5 Å². The lowest BCUT2D eigenvalue weighted by Crippen LogP contribution is -1.89. The Morgan fingerprint density at radius 1 is 1.29 bits per heavy atom. The molecule has 0 N–H and O–H groups in total. The topological polar surface area (TPSA) is 22.1 Å². The molecule has 0 aliphatic carbocycles. The molecule has 0 atom stereocenters. The second-order valence-corrected chi connectivity index (χ2v) is 5.51. The fourth-order valence-corrected chi connectivity index (χ4v) is 2.45. The average molecular weight is 328 g/mol. The Kier molecular flexibility index (Phi) is 4.36. The summed E-state index contributed by atoms with van der Waals surface area (Å²) in [7, 11) is 0. The lowest BCUT2D eigenvalue weighted by atomic mass is 10.3. The number of rotatable bonds is 3. The summed E-state index contributed by atoms with van der Waals surface area (Å²) in [6.07, 6.45) is 3.69. The number of pyridine rings is 1. The quantitative estimate of drug-likeness (QED) is 0.655. The molecule has 0 amide bonds. The molecule has 17 heavy (non-hydrogen) atoms. The maximum atomic E-state index is 5.66. The van der Waals surface area contributed by atoms with Crippen molar-refractivity contribution in [2.24, 2.45) is 0 Å². The maximum Gasteiger partial charge on any atom is 0.233 e. The molecule has 1 aromatic heterocycles. The van der Waals surface area contributed by atoms with Crippen molar-refractivity contribution in [3.63, 3.8) is 0 Å². The van der Waals surface area contributed by atoms with Crippen LogP contribution in [0.5, 0.6) is 11.6 Å². The number of thioether (sulfide) groups is 1. The van der Waals surface area contributed by atoms with Crippen molar-refractivity contribution in [1.29, 1.82) is 0 Å². The highest BCUT2D eigenvalue weighted by Gasteiger charge is 2.04. The number of hydrogen-bond donors (Lipinski definition) is 1. The monoisotopic (exact) mass is 327 g/mol. The molecule has 0 unspecified atom stereocenters. The highest BCUT2D eigenvalue weighted by molar-refractivity contribution is 9.10. The third-order valence-corrected chi connectivity index (χ3v) is 3.62. The summed E-state index contributed by atoms with van der Waals surface area (Å²) in [5.41, 5.74) is 0. The van der Waals surface area contributed by atoms with E-state index in [1.165, 1.54) is 4.90 Å². The molecule has 1 heterocycles. The first-order valence-corrected chi connectivity index (χ1v) is 7.32. The molecule has 0 aliphatic heterocycles. The summed E-state index contributed by atoms with van der Waals surface area (Å²) in [6, 6.07) is 9.73. The van der Waals surface area contributed by atoms with Crippen molar-refractivity contribution >= 4 is 40.3 Å². The molecule has 0 aliphatic rings. The molecule has 0 fully saturated rings. The molecule has 0 saturated heterocycles. The predicted octanol–water partition coefficient (Wildman–Crippen LogP) is 4.65. The summed E-state index contributed by atoms with van der Waals surface area (Å²) < 4.78 is 6.45. The van der Waals surface area contributed by atoms with Crippen LogP contribution in [-0.4, -0.2) is 11.2 Å². The third-order valence-electron chi connectivity index (χ3n) is 2.07. The van der Waals surface area contributed by atoms with Crippen LogP contribution in [-0.2, 0) is 0 Å². The van der Waals surface area contributed by atoms with Crippen LogP contribution in [0, 0.1) is 0 Å². The van der Waals surface area contributed by atoms with Gasteiger partial charge >= 0.3 is 0 Å². The zero-order valence-corrected chi connectivity index (χ0v) is 12.3. The van der Waals surface area contributed by atoms with Gasteiger partial charge in [-0.25, -0.2) is 4.98 Å². The van der Waals surface area contributed by atoms with E-state index in [1.807, 2.05) is 36.6 Å². The second kappa shape index (κ2) is 5.80. The van der Waals surface area contributed by atoms with E-state index in [0.29, 0.717) is 5.88 Å². The Morgan fingerprint density at radius 2 is 2.00 bits per heavy atom. The zero-order valence-electron chi connectivity index (χ0n) is 9.05. The van der Waals surface area contributed by atoms with Crippen molar-refractivity contribution in [2.45, 2.75) is 9.79 Å². The number of halogens is 1. The van der Waals surface area contributed by atoms with Gasteiger partial charge in [0.05, 0.1) is 4.47 Å². The number of aromatic nitrogens is 1. The third kappa shape index (κ3) is 3.40. The minimum Gasteiger partial charge on any atom is -0.438 e. The highest BCUT2D eigenvalue weighted by Crippen LogP contribution is 2.29. The van der Waals surface area contributed by atoms with Crippen LogP contribution in [0.3, 0.4) is 0 Å². The highest BCUT2D eigenvalue weighted by atomic mass is 79.9. The van der Waals surface area contributed by atoms with Gasteiger partial charge in [-0.1, -0.05) is 0 Å². The van der Waals surface area contributed by atoms with Crippen LogP contribution >= 0.6 is 40.3 Å². The molecule has 0 saturated carbocycles. The van der Waals surface area contributed by atoms with Crippen LogP contribution in [0.2, 0.25) is 0 Å². The molecule has 2 rings (SSSR count). The molecule has 2 nitrogen and oxygen atoms in total. The van der Waals surface area contributed by atoms with E-state index in [9.17, 15) is 0 Å². The molecular formula is C12H10BrNOS2. The van der Waals surface area contributed by atoms with Crippen LogP contribution in [0.1, 0.15) is 0 Å². The fourth-order valence-electron chi connectivity index (χ4n) is 1.25. The van der Waals surface area contributed by atoms with Crippen LogP contribution in [0.25, 0.3) is 0 Å². The predicted molar refractivity (Wildman–Crippen MR) is 77.5 cm³/mol. The van der Waals surface area contributed by atoms with Gasteiger partial charge in [0, 0.05) is 16.0 Å². The van der Waals surface area contributed by atoms with Crippen molar-refractivity contribution < 1.29 is 4.74 Å². The summed E-state index contributed by atoms with van der Waals surface area (Å²) in [5, 5.41) is 0. The number of hydrogen-bond acceptors (Lipinski definition) is 4. The lowest BCUT2D eigenvalue weighted by molar-refractivity contribution is 0.458. The Hall–Kier alpha value is -0.650.